The van der Waals surface area contributed by atoms with Crippen LogP contribution in [-0.4, -0.2) is 21.9 Å². The molecule has 13 heavy (non-hydrogen) atoms. The van der Waals surface area contributed by atoms with Gasteiger partial charge in [0.15, 0.2) is 0 Å². The molecule has 1 fully saturated rings. The molecular formula is C11H18O2. The van der Waals surface area contributed by atoms with Crippen LogP contribution in [0, 0.1) is 23.7 Å². The van der Waals surface area contributed by atoms with Gasteiger partial charge in [0, 0.05) is 5.41 Å². The SMILES string of the molecule is C#C[C@@]1(O)C(C)CC(O)CC1(C)C. The fraction of sp³-hybridized carbons (Fsp3) is 0.818. The van der Waals surface area contributed by atoms with Crippen LogP contribution in [0.15, 0.2) is 0 Å². The molecule has 0 aromatic carbocycles. The Morgan fingerprint density at radius 3 is 2.38 bits per heavy atom. The number of aliphatic hydroxyl groups excluding tert-OH is 1. The zero-order chi connectivity index (χ0) is 10.3. The van der Waals surface area contributed by atoms with E-state index in [0.717, 1.165) is 0 Å². The number of aliphatic hydroxyl groups is 2. The first-order valence-electron chi connectivity index (χ1n) is 4.71. The molecule has 2 unspecified atom stereocenters. The molecule has 1 saturated carbocycles. The summed E-state index contributed by atoms with van der Waals surface area (Å²) in [6.45, 7) is 5.71. The summed E-state index contributed by atoms with van der Waals surface area (Å²) in [7, 11) is 0. The predicted octanol–water partition coefficient (Wildman–Crippen LogP) is 1.17. The lowest BCUT2D eigenvalue weighted by Gasteiger charge is -2.48. The maximum absolute atomic E-state index is 10.2. The molecule has 0 radical (unpaired) electrons. The largest absolute Gasteiger partial charge is 0.393 e. The molecule has 2 N–H and O–H groups in total. The number of terminal acetylenes is 1. The van der Waals surface area contributed by atoms with E-state index in [2.05, 4.69) is 5.92 Å². The molecule has 1 aliphatic carbocycles. The fourth-order valence-electron chi connectivity index (χ4n) is 2.41. The van der Waals surface area contributed by atoms with Crippen molar-refractivity contribution in [3.8, 4) is 12.3 Å². The Labute approximate surface area is 80.0 Å². The van der Waals surface area contributed by atoms with Crippen molar-refractivity contribution in [2.24, 2.45) is 11.3 Å². The van der Waals surface area contributed by atoms with Crippen molar-refractivity contribution in [2.75, 3.05) is 0 Å². The van der Waals surface area contributed by atoms with E-state index in [0.29, 0.717) is 12.8 Å². The van der Waals surface area contributed by atoms with Gasteiger partial charge >= 0.3 is 0 Å². The average Bonchev–Trinajstić information content (AvgIpc) is 1.98. The summed E-state index contributed by atoms with van der Waals surface area (Å²) in [5, 5.41) is 19.8. The van der Waals surface area contributed by atoms with Gasteiger partial charge in [0.25, 0.3) is 0 Å². The minimum absolute atomic E-state index is 0.0451. The normalized spacial score (nSPS) is 44.0. The monoisotopic (exact) mass is 182 g/mol. The van der Waals surface area contributed by atoms with Crippen LogP contribution in [0.1, 0.15) is 33.6 Å². The van der Waals surface area contributed by atoms with Crippen molar-refractivity contribution in [1.82, 2.24) is 0 Å². The third-order valence-corrected chi connectivity index (χ3v) is 3.34. The van der Waals surface area contributed by atoms with E-state index in [1.165, 1.54) is 0 Å². The van der Waals surface area contributed by atoms with E-state index in [-0.39, 0.29) is 12.0 Å². The van der Waals surface area contributed by atoms with Crippen LogP contribution in [0.2, 0.25) is 0 Å². The summed E-state index contributed by atoms with van der Waals surface area (Å²) in [4.78, 5) is 0. The van der Waals surface area contributed by atoms with Crippen LogP contribution < -0.4 is 0 Å². The highest BCUT2D eigenvalue weighted by atomic mass is 16.3. The van der Waals surface area contributed by atoms with Crippen LogP contribution in [0.25, 0.3) is 0 Å². The number of hydrogen-bond donors (Lipinski definition) is 2. The van der Waals surface area contributed by atoms with Crippen molar-refractivity contribution in [1.29, 1.82) is 0 Å². The standard InChI is InChI=1S/C11H18O2/c1-5-11(13)8(2)6-9(12)7-10(11,3)4/h1,8-9,12-13H,6-7H2,2-4H3/t8?,9?,11-/m1/s1. The molecule has 0 aromatic heterocycles. The Bertz CT molecular complexity index is 239. The summed E-state index contributed by atoms with van der Waals surface area (Å²) in [6, 6.07) is 0. The van der Waals surface area contributed by atoms with Crippen molar-refractivity contribution < 1.29 is 10.2 Å². The minimum atomic E-state index is -1.08. The quantitative estimate of drug-likeness (QED) is 0.552. The van der Waals surface area contributed by atoms with Crippen LogP contribution in [-0.2, 0) is 0 Å². The fourth-order valence-corrected chi connectivity index (χ4v) is 2.41. The zero-order valence-corrected chi connectivity index (χ0v) is 8.54. The van der Waals surface area contributed by atoms with Gasteiger partial charge in [-0.1, -0.05) is 26.7 Å². The van der Waals surface area contributed by atoms with Crippen LogP contribution in [0.4, 0.5) is 0 Å². The summed E-state index contributed by atoms with van der Waals surface area (Å²) in [5.74, 6) is 2.44. The second-order valence-electron chi connectivity index (χ2n) is 4.79. The van der Waals surface area contributed by atoms with Gasteiger partial charge in [-0.25, -0.2) is 0 Å². The van der Waals surface area contributed by atoms with Gasteiger partial charge in [-0.15, -0.1) is 6.42 Å². The minimum Gasteiger partial charge on any atom is -0.393 e. The van der Waals surface area contributed by atoms with Crippen molar-refractivity contribution in [3.05, 3.63) is 0 Å². The molecular weight excluding hydrogens is 164 g/mol. The molecule has 0 saturated heterocycles. The van der Waals surface area contributed by atoms with Gasteiger partial charge in [0.05, 0.1) is 6.10 Å². The van der Waals surface area contributed by atoms with Gasteiger partial charge in [0.2, 0.25) is 0 Å². The predicted molar refractivity (Wildman–Crippen MR) is 52.0 cm³/mol. The van der Waals surface area contributed by atoms with Crippen molar-refractivity contribution in [3.63, 3.8) is 0 Å². The first kappa shape index (κ1) is 10.6. The highest BCUT2D eigenvalue weighted by Crippen LogP contribution is 2.46. The summed E-state index contributed by atoms with van der Waals surface area (Å²) < 4.78 is 0. The summed E-state index contributed by atoms with van der Waals surface area (Å²) >= 11 is 0. The summed E-state index contributed by atoms with van der Waals surface area (Å²) in [6.07, 6.45) is 6.19. The Morgan fingerprint density at radius 2 is 2.00 bits per heavy atom. The lowest BCUT2D eigenvalue weighted by Crippen LogP contribution is -2.54. The molecule has 3 atom stereocenters. The van der Waals surface area contributed by atoms with Crippen molar-refractivity contribution in [2.45, 2.75) is 45.3 Å². The molecule has 74 valence electrons. The average molecular weight is 182 g/mol. The third-order valence-electron chi connectivity index (χ3n) is 3.34. The Balaban J connectivity index is 3.01. The van der Waals surface area contributed by atoms with Gasteiger partial charge in [-0.3, -0.25) is 0 Å². The second-order valence-corrected chi connectivity index (χ2v) is 4.79. The second kappa shape index (κ2) is 3.01. The van der Waals surface area contributed by atoms with E-state index in [1.807, 2.05) is 20.8 Å². The Kier molecular flexibility index (Phi) is 2.44. The van der Waals surface area contributed by atoms with Gasteiger partial charge in [-0.05, 0) is 18.8 Å². The topological polar surface area (TPSA) is 40.5 Å². The van der Waals surface area contributed by atoms with E-state index >= 15 is 0 Å². The van der Waals surface area contributed by atoms with Crippen molar-refractivity contribution >= 4 is 0 Å². The molecule has 0 aliphatic heterocycles. The Hall–Kier alpha value is -0.520. The maximum atomic E-state index is 10.2. The van der Waals surface area contributed by atoms with E-state index in [4.69, 9.17) is 6.42 Å². The molecule has 0 amide bonds. The molecule has 1 rings (SSSR count). The molecule has 2 nitrogen and oxygen atoms in total. The molecule has 2 heteroatoms. The maximum Gasteiger partial charge on any atom is 0.132 e. The highest BCUT2D eigenvalue weighted by molar-refractivity contribution is 5.18. The molecule has 1 aliphatic rings. The van der Waals surface area contributed by atoms with Gasteiger partial charge in [-0.2, -0.15) is 0 Å². The molecule has 0 bridgehead atoms. The smallest absolute Gasteiger partial charge is 0.132 e. The Morgan fingerprint density at radius 1 is 1.46 bits per heavy atom. The molecule has 0 spiro atoms. The summed E-state index contributed by atoms with van der Waals surface area (Å²) in [5.41, 5.74) is -1.48. The van der Waals surface area contributed by atoms with Gasteiger partial charge < -0.3 is 10.2 Å². The number of rotatable bonds is 0. The first-order chi connectivity index (χ1) is 5.83. The highest BCUT2D eigenvalue weighted by Gasteiger charge is 2.51. The lowest BCUT2D eigenvalue weighted by molar-refractivity contribution is -0.120. The van der Waals surface area contributed by atoms with Crippen LogP contribution in [0.5, 0.6) is 0 Å². The van der Waals surface area contributed by atoms with Crippen LogP contribution >= 0.6 is 0 Å². The molecule has 0 heterocycles. The van der Waals surface area contributed by atoms with Gasteiger partial charge in [0.1, 0.15) is 5.60 Å². The van der Waals surface area contributed by atoms with E-state index < -0.39 is 11.0 Å². The zero-order valence-electron chi connectivity index (χ0n) is 8.54. The third kappa shape index (κ3) is 1.47. The van der Waals surface area contributed by atoms with E-state index in [9.17, 15) is 10.2 Å². The molecule has 0 aromatic rings. The first-order valence-corrected chi connectivity index (χ1v) is 4.71. The lowest BCUT2D eigenvalue weighted by atomic mass is 9.60. The number of hydrogen-bond acceptors (Lipinski definition) is 2. The van der Waals surface area contributed by atoms with Crippen LogP contribution in [0.3, 0.4) is 0 Å². The van der Waals surface area contributed by atoms with E-state index in [1.54, 1.807) is 0 Å².